The maximum absolute atomic E-state index is 12.5. The summed E-state index contributed by atoms with van der Waals surface area (Å²) < 4.78 is 0. The molecule has 134 valence electrons. The molecule has 0 radical (unpaired) electrons. The van der Waals surface area contributed by atoms with Crippen molar-refractivity contribution < 1.29 is 19.5 Å². The van der Waals surface area contributed by atoms with E-state index in [0.717, 1.165) is 0 Å². The van der Waals surface area contributed by atoms with Crippen molar-refractivity contribution in [2.75, 3.05) is 13.1 Å². The van der Waals surface area contributed by atoms with E-state index in [1.54, 1.807) is 17.0 Å². The van der Waals surface area contributed by atoms with Gasteiger partial charge in [-0.1, -0.05) is 24.3 Å². The van der Waals surface area contributed by atoms with Gasteiger partial charge in [0.25, 0.3) is 11.8 Å². The van der Waals surface area contributed by atoms with Crippen LogP contribution in [0.3, 0.4) is 0 Å². The molecule has 0 bridgehead atoms. The van der Waals surface area contributed by atoms with E-state index in [2.05, 4.69) is 10.3 Å². The van der Waals surface area contributed by atoms with E-state index in [0.29, 0.717) is 31.5 Å². The van der Waals surface area contributed by atoms with Gasteiger partial charge in [-0.2, -0.15) is 0 Å². The molecule has 0 unspecified atom stereocenters. The number of carboxylic acids is 1. The molecule has 1 saturated heterocycles. The maximum Gasteiger partial charge on any atom is 0.354 e. The largest absolute Gasteiger partial charge is 0.477 e. The van der Waals surface area contributed by atoms with Crippen LogP contribution in [0.5, 0.6) is 0 Å². The highest BCUT2D eigenvalue weighted by Crippen LogP contribution is 2.14. The topological polar surface area (TPSA) is 99.6 Å². The van der Waals surface area contributed by atoms with Crippen molar-refractivity contribution in [3.8, 4) is 0 Å². The Bertz CT molecular complexity index is 815. The van der Waals surface area contributed by atoms with Crippen molar-refractivity contribution in [2.24, 2.45) is 0 Å². The van der Waals surface area contributed by atoms with E-state index in [1.807, 2.05) is 18.2 Å². The molecule has 0 spiro atoms. The zero-order valence-corrected chi connectivity index (χ0v) is 14.1. The molecule has 1 aromatic carbocycles. The molecular weight excluding hydrogens is 334 g/mol. The Hall–Kier alpha value is -3.22. The lowest BCUT2D eigenvalue weighted by molar-refractivity contribution is 0.0687. The second-order valence-corrected chi connectivity index (χ2v) is 6.12. The molecule has 7 nitrogen and oxygen atoms in total. The molecule has 1 aliphatic heterocycles. The summed E-state index contributed by atoms with van der Waals surface area (Å²) in [6, 6.07) is 13.4. The van der Waals surface area contributed by atoms with Crippen molar-refractivity contribution in [1.82, 2.24) is 15.2 Å². The van der Waals surface area contributed by atoms with Gasteiger partial charge in [-0.25, -0.2) is 9.78 Å². The molecule has 1 aliphatic rings. The van der Waals surface area contributed by atoms with Gasteiger partial charge in [-0.3, -0.25) is 9.59 Å². The third-order valence-electron chi connectivity index (χ3n) is 4.34. The van der Waals surface area contributed by atoms with E-state index in [9.17, 15) is 14.4 Å². The summed E-state index contributed by atoms with van der Waals surface area (Å²) in [5.74, 6) is -1.57. The summed E-state index contributed by atoms with van der Waals surface area (Å²) in [5.41, 5.74) is 0.582. The molecule has 0 aliphatic carbocycles. The molecule has 0 saturated carbocycles. The summed E-state index contributed by atoms with van der Waals surface area (Å²) in [7, 11) is 0. The van der Waals surface area contributed by atoms with Crippen LogP contribution in [-0.4, -0.2) is 51.9 Å². The Balaban J connectivity index is 1.56. The fraction of sp³-hybridized carbons (Fsp3) is 0.263. The quantitative estimate of drug-likeness (QED) is 0.873. The highest BCUT2D eigenvalue weighted by molar-refractivity contribution is 5.95. The first kappa shape index (κ1) is 17.6. The van der Waals surface area contributed by atoms with Gasteiger partial charge in [0.05, 0.1) is 0 Å². The van der Waals surface area contributed by atoms with Crippen LogP contribution in [0.15, 0.2) is 48.5 Å². The predicted molar refractivity (Wildman–Crippen MR) is 94.0 cm³/mol. The van der Waals surface area contributed by atoms with Crippen molar-refractivity contribution in [2.45, 2.75) is 18.9 Å². The lowest BCUT2D eigenvalue weighted by Crippen LogP contribution is -2.46. The molecule has 1 fully saturated rings. The average Bonchev–Trinajstić information content (AvgIpc) is 2.68. The first-order valence-electron chi connectivity index (χ1n) is 8.40. The number of carbonyl (C=O) groups is 3. The zero-order chi connectivity index (χ0) is 18.5. The molecule has 3 rings (SSSR count). The number of likely N-dealkylation sites (tertiary alicyclic amines) is 1. The fourth-order valence-electron chi connectivity index (χ4n) is 2.92. The fourth-order valence-corrected chi connectivity index (χ4v) is 2.92. The molecule has 7 heteroatoms. The van der Waals surface area contributed by atoms with Crippen LogP contribution < -0.4 is 5.32 Å². The minimum atomic E-state index is -1.16. The monoisotopic (exact) mass is 353 g/mol. The average molecular weight is 353 g/mol. The number of aromatic nitrogens is 1. The number of nitrogens with one attached hydrogen (secondary N) is 1. The first-order valence-corrected chi connectivity index (χ1v) is 8.40. The number of aromatic carboxylic acids is 1. The summed E-state index contributed by atoms with van der Waals surface area (Å²) in [5, 5.41) is 12.0. The van der Waals surface area contributed by atoms with Gasteiger partial charge in [0.15, 0.2) is 0 Å². The normalized spacial score (nSPS) is 14.7. The maximum atomic E-state index is 12.5. The van der Waals surface area contributed by atoms with Crippen molar-refractivity contribution >= 4 is 17.8 Å². The van der Waals surface area contributed by atoms with Gasteiger partial charge >= 0.3 is 5.97 Å². The number of benzene rings is 1. The highest BCUT2D eigenvalue weighted by atomic mass is 16.4. The summed E-state index contributed by atoms with van der Waals surface area (Å²) in [6.45, 7) is 0.967. The summed E-state index contributed by atoms with van der Waals surface area (Å²) in [6.07, 6.45) is 1.28. The van der Waals surface area contributed by atoms with Crippen LogP contribution in [0, 0.1) is 0 Å². The number of nitrogens with zero attached hydrogens (tertiary/aromatic N) is 2. The zero-order valence-electron chi connectivity index (χ0n) is 14.1. The van der Waals surface area contributed by atoms with E-state index < -0.39 is 5.97 Å². The Morgan fingerprint density at radius 1 is 0.962 bits per heavy atom. The predicted octanol–water partition coefficient (Wildman–Crippen LogP) is 1.81. The van der Waals surface area contributed by atoms with Gasteiger partial charge in [0.1, 0.15) is 11.4 Å². The van der Waals surface area contributed by atoms with Gasteiger partial charge in [0, 0.05) is 24.7 Å². The van der Waals surface area contributed by atoms with E-state index in [4.69, 9.17) is 5.11 Å². The molecule has 2 aromatic rings. The van der Waals surface area contributed by atoms with Gasteiger partial charge < -0.3 is 15.3 Å². The number of pyridine rings is 1. The van der Waals surface area contributed by atoms with E-state index in [-0.39, 0.29) is 29.2 Å². The SMILES string of the molecule is O=C(NC1CCN(C(=O)c2cccc(C(=O)O)n2)CC1)c1ccccc1. The number of carboxylic acid groups (broad SMARTS) is 1. The molecule has 2 heterocycles. The molecule has 0 atom stereocenters. The number of carbonyl (C=O) groups excluding carboxylic acids is 2. The van der Waals surface area contributed by atoms with Crippen LogP contribution in [0.2, 0.25) is 0 Å². The van der Waals surface area contributed by atoms with Gasteiger partial charge in [-0.05, 0) is 37.1 Å². The second kappa shape index (κ2) is 7.77. The van der Waals surface area contributed by atoms with Crippen LogP contribution in [0.1, 0.15) is 44.2 Å². The standard InChI is InChI=1S/C19H19N3O4/c23-17(13-5-2-1-3-6-13)20-14-9-11-22(12-10-14)18(24)15-7-4-8-16(21-15)19(25)26/h1-8,14H,9-12H2,(H,20,23)(H,25,26). The smallest absolute Gasteiger partial charge is 0.354 e. The Morgan fingerprint density at radius 2 is 1.62 bits per heavy atom. The van der Waals surface area contributed by atoms with Crippen LogP contribution in [0.4, 0.5) is 0 Å². The number of piperidine rings is 1. The van der Waals surface area contributed by atoms with Crippen molar-refractivity contribution in [3.05, 3.63) is 65.5 Å². The van der Waals surface area contributed by atoms with Crippen LogP contribution in [-0.2, 0) is 0 Å². The molecule has 26 heavy (non-hydrogen) atoms. The minimum Gasteiger partial charge on any atom is -0.477 e. The Morgan fingerprint density at radius 3 is 2.27 bits per heavy atom. The number of rotatable bonds is 4. The highest BCUT2D eigenvalue weighted by Gasteiger charge is 2.25. The Labute approximate surface area is 150 Å². The molecule has 2 amide bonds. The van der Waals surface area contributed by atoms with Gasteiger partial charge in [0.2, 0.25) is 0 Å². The first-order chi connectivity index (χ1) is 12.5. The second-order valence-electron chi connectivity index (χ2n) is 6.12. The molecule has 2 N–H and O–H groups in total. The molecular formula is C19H19N3O4. The van der Waals surface area contributed by atoms with Crippen molar-refractivity contribution in [3.63, 3.8) is 0 Å². The third-order valence-corrected chi connectivity index (χ3v) is 4.34. The van der Waals surface area contributed by atoms with E-state index >= 15 is 0 Å². The van der Waals surface area contributed by atoms with Crippen LogP contribution >= 0.6 is 0 Å². The third kappa shape index (κ3) is 4.05. The van der Waals surface area contributed by atoms with E-state index in [1.165, 1.54) is 18.2 Å². The number of amides is 2. The number of hydrogen-bond donors (Lipinski definition) is 2. The summed E-state index contributed by atoms with van der Waals surface area (Å²) >= 11 is 0. The lowest BCUT2D eigenvalue weighted by atomic mass is 10.0. The van der Waals surface area contributed by atoms with Crippen molar-refractivity contribution in [1.29, 1.82) is 0 Å². The summed E-state index contributed by atoms with van der Waals surface area (Å²) in [4.78, 5) is 41.2. The van der Waals surface area contributed by atoms with Gasteiger partial charge in [-0.15, -0.1) is 0 Å². The number of hydrogen-bond acceptors (Lipinski definition) is 4. The Kier molecular flexibility index (Phi) is 5.26. The van der Waals surface area contributed by atoms with Crippen LogP contribution in [0.25, 0.3) is 0 Å². The minimum absolute atomic E-state index is 0.00469. The molecule has 1 aromatic heterocycles. The lowest BCUT2D eigenvalue weighted by Gasteiger charge is -2.32.